The molecule has 0 saturated carbocycles. The van der Waals surface area contributed by atoms with Crippen molar-refractivity contribution in [3.63, 3.8) is 0 Å². The van der Waals surface area contributed by atoms with Gasteiger partial charge in [0.2, 0.25) is 5.91 Å². The quantitative estimate of drug-likeness (QED) is 0.484. The van der Waals surface area contributed by atoms with Gasteiger partial charge in [0.15, 0.2) is 0 Å². The molecule has 1 aromatic rings. The third kappa shape index (κ3) is 9.52. The van der Waals surface area contributed by atoms with Gasteiger partial charge in [-0.15, -0.1) is 11.8 Å². The molecule has 4 nitrogen and oxygen atoms in total. The van der Waals surface area contributed by atoms with E-state index in [4.69, 9.17) is 5.11 Å². The van der Waals surface area contributed by atoms with Crippen molar-refractivity contribution in [1.82, 2.24) is 5.32 Å². The molecule has 0 bridgehead atoms. The molecular formula is C15H20BrNO3S. The van der Waals surface area contributed by atoms with E-state index in [0.29, 0.717) is 25.8 Å². The lowest BCUT2D eigenvalue weighted by atomic mass is 10.2. The van der Waals surface area contributed by atoms with Gasteiger partial charge in [-0.2, -0.15) is 0 Å². The topological polar surface area (TPSA) is 66.4 Å². The highest BCUT2D eigenvalue weighted by Crippen LogP contribution is 2.21. The first-order chi connectivity index (χ1) is 10.1. The number of thioether (sulfide) groups is 1. The molecule has 116 valence electrons. The van der Waals surface area contributed by atoms with E-state index in [1.54, 1.807) is 11.8 Å². The van der Waals surface area contributed by atoms with Crippen LogP contribution in [0.15, 0.2) is 33.6 Å². The van der Waals surface area contributed by atoms with Gasteiger partial charge in [0.1, 0.15) is 0 Å². The lowest BCUT2D eigenvalue weighted by Gasteiger charge is -2.05. The average Bonchev–Trinajstić information content (AvgIpc) is 2.45. The van der Waals surface area contributed by atoms with Crippen molar-refractivity contribution in [2.45, 2.75) is 37.0 Å². The maximum atomic E-state index is 11.6. The van der Waals surface area contributed by atoms with Gasteiger partial charge in [-0.3, -0.25) is 9.59 Å². The zero-order valence-electron chi connectivity index (χ0n) is 11.8. The predicted octanol–water partition coefficient (Wildman–Crippen LogP) is 3.69. The Labute approximate surface area is 137 Å². The molecule has 0 radical (unpaired) electrons. The van der Waals surface area contributed by atoms with E-state index in [1.165, 1.54) is 4.90 Å². The average molecular weight is 374 g/mol. The Morgan fingerprint density at radius 2 is 1.81 bits per heavy atom. The summed E-state index contributed by atoms with van der Waals surface area (Å²) in [6.45, 7) is 0.561. The van der Waals surface area contributed by atoms with Gasteiger partial charge in [0.05, 0.1) is 0 Å². The number of nitrogens with one attached hydrogen (secondary N) is 1. The van der Waals surface area contributed by atoms with Gasteiger partial charge < -0.3 is 10.4 Å². The first-order valence-corrected chi connectivity index (χ1v) is 8.72. The Hall–Kier alpha value is -1.01. The van der Waals surface area contributed by atoms with Crippen LogP contribution in [0, 0.1) is 0 Å². The minimum atomic E-state index is -0.786. The normalized spacial score (nSPS) is 10.3. The van der Waals surface area contributed by atoms with Crippen LogP contribution in [-0.4, -0.2) is 29.3 Å². The fraction of sp³-hybridized carbons (Fsp3) is 0.467. The van der Waals surface area contributed by atoms with E-state index in [1.807, 2.05) is 12.1 Å². The summed E-state index contributed by atoms with van der Waals surface area (Å²) >= 11 is 5.13. The summed E-state index contributed by atoms with van der Waals surface area (Å²) in [5, 5.41) is 11.3. The molecule has 0 heterocycles. The van der Waals surface area contributed by atoms with Crippen molar-refractivity contribution in [2.75, 3.05) is 12.3 Å². The van der Waals surface area contributed by atoms with Crippen LogP contribution < -0.4 is 5.32 Å². The Morgan fingerprint density at radius 1 is 1.10 bits per heavy atom. The Balaban J connectivity index is 2.00. The van der Waals surface area contributed by atoms with E-state index in [9.17, 15) is 9.59 Å². The van der Waals surface area contributed by atoms with E-state index in [2.05, 4.69) is 33.4 Å². The molecule has 0 aliphatic carbocycles. The number of unbranched alkanes of at least 4 members (excludes halogenated alkanes) is 1. The fourth-order valence-corrected chi connectivity index (χ4v) is 2.79. The van der Waals surface area contributed by atoms with E-state index < -0.39 is 5.97 Å². The van der Waals surface area contributed by atoms with Crippen molar-refractivity contribution in [2.24, 2.45) is 0 Å². The summed E-state index contributed by atoms with van der Waals surface area (Å²) in [4.78, 5) is 23.1. The number of carbonyl (C=O) groups is 2. The maximum Gasteiger partial charge on any atom is 0.303 e. The van der Waals surface area contributed by atoms with E-state index in [0.717, 1.165) is 16.6 Å². The summed E-state index contributed by atoms with van der Waals surface area (Å²) in [7, 11) is 0. The van der Waals surface area contributed by atoms with Gasteiger partial charge in [0, 0.05) is 28.8 Å². The molecule has 1 amide bonds. The van der Waals surface area contributed by atoms with E-state index in [-0.39, 0.29) is 12.3 Å². The largest absolute Gasteiger partial charge is 0.481 e. The van der Waals surface area contributed by atoms with Gasteiger partial charge in [-0.25, -0.2) is 0 Å². The van der Waals surface area contributed by atoms with Crippen molar-refractivity contribution in [3.05, 3.63) is 28.7 Å². The minimum absolute atomic E-state index is 0.0433. The number of benzene rings is 1. The van der Waals surface area contributed by atoms with Crippen LogP contribution in [0.3, 0.4) is 0 Å². The molecule has 1 rings (SSSR count). The number of halogens is 1. The predicted molar refractivity (Wildman–Crippen MR) is 88.6 cm³/mol. The number of amides is 1. The number of rotatable bonds is 10. The number of hydrogen-bond acceptors (Lipinski definition) is 3. The summed E-state index contributed by atoms with van der Waals surface area (Å²) < 4.78 is 1.06. The number of carboxylic acid groups (broad SMARTS) is 1. The Bertz CT molecular complexity index is 451. The maximum absolute atomic E-state index is 11.6. The number of aliphatic carboxylic acids is 1. The van der Waals surface area contributed by atoms with E-state index >= 15 is 0 Å². The second-order valence-electron chi connectivity index (χ2n) is 4.61. The summed E-state index contributed by atoms with van der Waals surface area (Å²) in [5.41, 5.74) is 0. The van der Waals surface area contributed by atoms with Gasteiger partial charge in [-0.1, -0.05) is 15.9 Å². The SMILES string of the molecule is O=C(O)CCCCNC(=O)CCCSc1ccc(Br)cc1. The van der Waals surface area contributed by atoms with Crippen molar-refractivity contribution in [3.8, 4) is 0 Å². The molecule has 0 saturated heterocycles. The highest BCUT2D eigenvalue weighted by molar-refractivity contribution is 9.10. The van der Waals surface area contributed by atoms with Crippen molar-refractivity contribution >= 4 is 39.6 Å². The third-order valence-corrected chi connectivity index (χ3v) is 4.40. The van der Waals surface area contributed by atoms with Crippen LogP contribution in [0.1, 0.15) is 32.1 Å². The molecule has 6 heteroatoms. The van der Waals surface area contributed by atoms with Crippen LogP contribution in [0.5, 0.6) is 0 Å². The highest BCUT2D eigenvalue weighted by atomic mass is 79.9. The first-order valence-electron chi connectivity index (χ1n) is 6.95. The molecule has 0 fully saturated rings. The molecule has 0 unspecified atom stereocenters. The standard InChI is InChI=1S/C15H20BrNO3S/c16-12-6-8-13(9-7-12)21-11-3-4-14(18)17-10-2-1-5-15(19)20/h6-9H,1-5,10-11H2,(H,17,18)(H,19,20). The monoisotopic (exact) mass is 373 g/mol. The Kier molecular flexibility index (Phi) is 9.17. The molecular weight excluding hydrogens is 354 g/mol. The smallest absolute Gasteiger partial charge is 0.303 e. The lowest BCUT2D eigenvalue weighted by molar-refractivity contribution is -0.137. The fourth-order valence-electron chi connectivity index (χ4n) is 1.67. The van der Waals surface area contributed by atoms with Gasteiger partial charge in [-0.05, 0) is 49.3 Å². The first kappa shape index (κ1) is 18.0. The van der Waals surface area contributed by atoms with Gasteiger partial charge in [0.25, 0.3) is 0 Å². The molecule has 1 aromatic carbocycles. The molecule has 0 aliphatic rings. The number of hydrogen-bond donors (Lipinski definition) is 2. The zero-order valence-corrected chi connectivity index (χ0v) is 14.2. The summed E-state index contributed by atoms with van der Waals surface area (Å²) in [5.74, 6) is 0.168. The molecule has 0 aliphatic heterocycles. The van der Waals surface area contributed by atoms with Crippen LogP contribution >= 0.6 is 27.7 Å². The zero-order chi connectivity index (χ0) is 15.5. The van der Waals surface area contributed by atoms with Crippen LogP contribution in [-0.2, 0) is 9.59 Å². The second-order valence-corrected chi connectivity index (χ2v) is 6.69. The highest BCUT2D eigenvalue weighted by Gasteiger charge is 2.02. The molecule has 21 heavy (non-hydrogen) atoms. The third-order valence-electron chi connectivity index (χ3n) is 2.77. The summed E-state index contributed by atoms with van der Waals surface area (Å²) in [6.07, 6.45) is 2.84. The van der Waals surface area contributed by atoms with Crippen LogP contribution in [0.4, 0.5) is 0 Å². The van der Waals surface area contributed by atoms with Crippen molar-refractivity contribution < 1.29 is 14.7 Å². The molecule has 0 atom stereocenters. The molecule has 2 N–H and O–H groups in total. The number of carboxylic acids is 1. The van der Waals surface area contributed by atoms with Gasteiger partial charge >= 0.3 is 5.97 Å². The van der Waals surface area contributed by atoms with Crippen LogP contribution in [0.2, 0.25) is 0 Å². The van der Waals surface area contributed by atoms with Crippen molar-refractivity contribution in [1.29, 1.82) is 0 Å². The van der Waals surface area contributed by atoms with Crippen LogP contribution in [0.25, 0.3) is 0 Å². The second kappa shape index (κ2) is 10.7. The Morgan fingerprint density at radius 3 is 2.48 bits per heavy atom. The lowest BCUT2D eigenvalue weighted by Crippen LogP contribution is -2.24. The molecule has 0 spiro atoms. The summed E-state index contributed by atoms with van der Waals surface area (Å²) in [6, 6.07) is 8.12. The number of carbonyl (C=O) groups excluding carboxylic acids is 1. The minimum Gasteiger partial charge on any atom is -0.481 e. The molecule has 0 aromatic heterocycles.